The second kappa shape index (κ2) is 5.09. The molecule has 2 aromatic rings. The number of rotatable bonds is 3. The lowest BCUT2D eigenvalue weighted by Gasteiger charge is -2.06. The molecule has 6 heteroatoms. The predicted molar refractivity (Wildman–Crippen MR) is 70.5 cm³/mol. The van der Waals surface area contributed by atoms with E-state index in [0.717, 1.165) is 11.4 Å². The van der Waals surface area contributed by atoms with Gasteiger partial charge in [-0.3, -0.25) is 0 Å². The molecule has 0 radical (unpaired) electrons. The van der Waals surface area contributed by atoms with Gasteiger partial charge in [-0.1, -0.05) is 0 Å². The first-order chi connectivity index (χ1) is 8.97. The smallest absolute Gasteiger partial charge is 0.338 e. The van der Waals surface area contributed by atoms with Crippen LogP contribution in [0.1, 0.15) is 27.6 Å². The van der Waals surface area contributed by atoms with Crippen molar-refractivity contribution in [1.82, 2.24) is 14.8 Å². The highest BCUT2D eigenvalue weighted by Gasteiger charge is 2.11. The number of nitrogen functional groups attached to an aromatic ring is 1. The first-order valence-electron chi connectivity index (χ1n) is 5.86. The highest BCUT2D eigenvalue weighted by molar-refractivity contribution is 5.90. The second-order valence-electron chi connectivity index (χ2n) is 4.43. The van der Waals surface area contributed by atoms with Crippen LogP contribution in [0.15, 0.2) is 18.2 Å². The lowest BCUT2D eigenvalue weighted by atomic mass is 10.1. The molecule has 0 fully saturated rings. The van der Waals surface area contributed by atoms with Crippen molar-refractivity contribution in [1.29, 1.82) is 0 Å². The van der Waals surface area contributed by atoms with E-state index in [1.807, 2.05) is 20.9 Å². The number of esters is 1. The third kappa shape index (κ3) is 2.90. The van der Waals surface area contributed by atoms with Crippen LogP contribution >= 0.6 is 0 Å². The van der Waals surface area contributed by atoms with Gasteiger partial charge in [0.2, 0.25) is 0 Å². The van der Waals surface area contributed by atoms with Crippen LogP contribution in [-0.4, -0.2) is 20.7 Å². The first-order valence-corrected chi connectivity index (χ1v) is 5.86. The molecule has 0 bridgehead atoms. The lowest BCUT2D eigenvalue weighted by molar-refractivity contribution is 0.0458. The summed E-state index contributed by atoms with van der Waals surface area (Å²) in [6, 6.07) is 5.13. The number of anilines is 1. The molecule has 0 saturated heterocycles. The van der Waals surface area contributed by atoms with Crippen LogP contribution in [0.5, 0.6) is 0 Å². The predicted octanol–water partition coefficient (Wildman–Crippen LogP) is 1.37. The second-order valence-corrected chi connectivity index (χ2v) is 4.43. The zero-order valence-corrected chi connectivity index (χ0v) is 11.2. The van der Waals surface area contributed by atoms with Gasteiger partial charge < -0.3 is 15.0 Å². The lowest BCUT2D eigenvalue weighted by Crippen LogP contribution is -2.09. The normalized spacial score (nSPS) is 10.5. The minimum Gasteiger partial charge on any atom is -0.454 e. The van der Waals surface area contributed by atoms with Gasteiger partial charge in [0.15, 0.2) is 12.4 Å². The van der Waals surface area contributed by atoms with Crippen molar-refractivity contribution in [3.63, 3.8) is 0 Å². The maximum absolute atomic E-state index is 11.9. The number of aromatic nitrogens is 3. The van der Waals surface area contributed by atoms with E-state index in [-0.39, 0.29) is 6.61 Å². The van der Waals surface area contributed by atoms with E-state index in [2.05, 4.69) is 10.2 Å². The number of benzene rings is 1. The fourth-order valence-electron chi connectivity index (χ4n) is 1.72. The molecule has 0 spiro atoms. The van der Waals surface area contributed by atoms with E-state index in [1.54, 1.807) is 22.8 Å². The third-order valence-corrected chi connectivity index (χ3v) is 2.85. The summed E-state index contributed by atoms with van der Waals surface area (Å²) in [6.07, 6.45) is 0. The molecule has 0 amide bonds. The zero-order chi connectivity index (χ0) is 14.0. The van der Waals surface area contributed by atoms with Gasteiger partial charge in [-0.05, 0) is 37.6 Å². The van der Waals surface area contributed by atoms with Gasteiger partial charge in [0.25, 0.3) is 0 Å². The van der Waals surface area contributed by atoms with Crippen molar-refractivity contribution in [2.75, 3.05) is 5.73 Å². The number of aryl methyl sites for hydroxylation is 2. The minimum absolute atomic E-state index is 0.0873. The maximum atomic E-state index is 11.9. The molecule has 0 aliphatic carbocycles. The fraction of sp³-hybridized carbons (Fsp3) is 0.308. The van der Waals surface area contributed by atoms with E-state index in [9.17, 15) is 4.79 Å². The molecular formula is C13H16N4O2. The highest BCUT2D eigenvalue weighted by Crippen LogP contribution is 2.13. The van der Waals surface area contributed by atoms with Crippen LogP contribution in [0, 0.1) is 13.8 Å². The largest absolute Gasteiger partial charge is 0.454 e. The summed E-state index contributed by atoms with van der Waals surface area (Å²) >= 11 is 0. The summed E-state index contributed by atoms with van der Waals surface area (Å²) in [5, 5.41) is 7.82. The van der Waals surface area contributed by atoms with Gasteiger partial charge in [0.05, 0.1) is 5.56 Å². The monoisotopic (exact) mass is 260 g/mol. The zero-order valence-electron chi connectivity index (χ0n) is 11.2. The number of ether oxygens (including phenoxy) is 1. The number of carbonyl (C=O) groups excluding carboxylic acids is 1. The average Bonchev–Trinajstić information content (AvgIpc) is 2.66. The topological polar surface area (TPSA) is 83.0 Å². The fourth-order valence-corrected chi connectivity index (χ4v) is 1.72. The molecule has 6 nitrogen and oxygen atoms in total. The van der Waals surface area contributed by atoms with E-state index >= 15 is 0 Å². The van der Waals surface area contributed by atoms with Crippen molar-refractivity contribution in [2.45, 2.75) is 20.5 Å². The molecule has 19 heavy (non-hydrogen) atoms. The van der Waals surface area contributed by atoms with Crippen LogP contribution < -0.4 is 5.73 Å². The van der Waals surface area contributed by atoms with Crippen LogP contribution in [0.3, 0.4) is 0 Å². The Balaban J connectivity index is 2.07. The molecule has 0 saturated carbocycles. The molecule has 2 N–H and O–H groups in total. The van der Waals surface area contributed by atoms with Crippen LogP contribution in [-0.2, 0) is 18.4 Å². The Morgan fingerprint density at radius 3 is 2.63 bits per heavy atom. The van der Waals surface area contributed by atoms with Gasteiger partial charge in [-0.25, -0.2) is 4.79 Å². The average molecular weight is 260 g/mol. The Morgan fingerprint density at radius 1 is 1.32 bits per heavy atom. The Labute approximate surface area is 111 Å². The molecular weight excluding hydrogens is 244 g/mol. The van der Waals surface area contributed by atoms with Gasteiger partial charge in [-0.15, -0.1) is 10.2 Å². The molecule has 1 aromatic heterocycles. The quantitative estimate of drug-likeness (QED) is 0.665. The summed E-state index contributed by atoms with van der Waals surface area (Å²) in [6.45, 7) is 3.79. The van der Waals surface area contributed by atoms with E-state index < -0.39 is 5.97 Å². The SMILES string of the molecule is Cc1cc(N)cc(C(=O)OCc2nnc(C)n2C)c1. The summed E-state index contributed by atoms with van der Waals surface area (Å²) < 4.78 is 6.98. The van der Waals surface area contributed by atoms with Crippen molar-refractivity contribution in [2.24, 2.45) is 7.05 Å². The molecule has 0 unspecified atom stereocenters. The molecule has 100 valence electrons. The number of nitrogens with zero attached hydrogens (tertiary/aromatic N) is 3. The van der Waals surface area contributed by atoms with Crippen LogP contribution in [0.4, 0.5) is 5.69 Å². The van der Waals surface area contributed by atoms with E-state index in [0.29, 0.717) is 17.1 Å². The van der Waals surface area contributed by atoms with E-state index in [1.165, 1.54) is 0 Å². The van der Waals surface area contributed by atoms with Crippen LogP contribution in [0.25, 0.3) is 0 Å². The summed E-state index contributed by atoms with van der Waals surface area (Å²) in [7, 11) is 1.82. The van der Waals surface area contributed by atoms with Crippen molar-refractivity contribution >= 4 is 11.7 Å². The molecule has 0 aliphatic rings. The van der Waals surface area contributed by atoms with Gasteiger partial charge in [-0.2, -0.15) is 0 Å². The van der Waals surface area contributed by atoms with Gasteiger partial charge in [0.1, 0.15) is 5.82 Å². The Kier molecular flexibility index (Phi) is 3.50. The van der Waals surface area contributed by atoms with Crippen LogP contribution in [0.2, 0.25) is 0 Å². The first kappa shape index (κ1) is 13.1. The Bertz CT molecular complexity index is 599. The highest BCUT2D eigenvalue weighted by atomic mass is 16.5. The minimum atomic E-state index is -0.420. The maximum Gasteiger partial charge on any atom is 0.338 e. The molecule has 1 heterocycles. The van der Waals surface area contributed by atoms with Gasteiger partial charge in [0, 0.05) is 12.7 Å². The third-order valence-electron chi connectivity index (χ3n) is 2.85. The summed E-state index contributed by atoms with van der Waals surface area (Å²) in [5.41, 5.74) is 7.60. The number of hydrogen-bond donors (Lipinski definition) is 1. The van der Waals surface area contributed by atoms with Crippen molar-refractivity contribution < 1.29 is 9.53 Å². The van der Waals surface area contributed by atoms with Crippen molar-refractivity contribution in [3.05, 3.63) is 41.0 Å². The molecule has 0 aliphatic heterocycles. The molecule has 1 aromatic carbocycles. The Morgan fingerprint density at radius 2 is 2.05 bits per heavy atom. The van der Waals surface area contributed by atoms with Crippen molar-refractivity contribution in [3.8, 4) is 0 Å². The summed E-state index contributed by atoms with van der Waals surface area (Å²) in [5.74, 6) is 0.952. The molecule has 0 atom stereocenters. The molecule has 2 rings (SSSR count). The van der Waals surface area contributed by atoms with E-state index in [4.69, 9.17) is 10.5 Å². The Hall–Kier alpha value is -2.37. The summed E-state index contributed by atoms with van der Waals surface area (Å²) in [4.78, 5) is 11.9. The number of hydrogen-bond acceptors (Lipinski definition) is 5. The standard InChI is InChI=1S/C13H16N4O2/c1-8-4-10(6-11(14)5-8)13(18)19-7-12-16-15-9(2)17(12)3/h4-6H,7,14H2,1-3H3. The number of nitrogens with two attached hydrogens (primary N) is 1. The number of carbonyl (C=O) groups is 1. The van der Waals surface area contributed by atoms with Gasteiger partial charge >= 0.3 is 5.97 Å².